The van der Waals surface area contributed by atoms with E-state index < -0.39 is 0 Å². The Labute approximate surface area is 180 Å². The lowest BCUT2D eigenvalue weighted by molar-refractivity contribution is -0.110. The van der Waals surface area contributed by atoms with Crippen molar-refractivity contribution in [2.75, 3.05) is 31.2 Å². The molecule has 0 N–H and O–H groups in total. The average molecular weight is 450 g/mol. The van der Waals surface area contributed by atoms with Crippen molar-refractivity contribution in [2.45, 2.75) is 6.04 Å². The summed E-state index contributed by atoms with van der Waals surface area (Å²) < 4.78 is 1.01. The summed E-state index contributed by atoms with van der Waals surface area (Å²) in [6, 6.07) is 29.4. The van der Waals surface area contributed by atoms with E-state index in [4.69, 9.17) is 0 Å². The van der Waals surface area contributed by atoms with Crippen LogP contribution in [-0.4, -0.2) is 42.5 Å². The van der Waals surface area contributed by atoms with Gasteiger partial charge in [0.2, 0.25) is 6.41 Å². The van der Waals surface area contributed by atoms with Gasteiger partial charge in [0.05, 0.1) is 11.7 Å². The summed E-state index contributed by atoms with van der Waals surface area (Å²) in [5.41, 5.74) is 3.49. The van der Waals surface area contributed by atoms with Crippen molar-refractivity contribution >= 4 is 28.0 Å². The second-order valence-electron chi connectivity index (χ2n) is 7.14. The number of anilines is 1. The van der Waals surface area contributed by atoms with Crippen LogP contribution in [0.3, 0.4) is 0 Å². The number of rotatable bonds is 6. The third kappa shape index (κ3) is 4.58. The fourth-order valence-electron chi connectivity index (χ4n) is 3.95. The number of hydrogen-bond donors (Lipinski definition) is 0. The number of hydrogen-bond acceptors (Lipinski definition) is 3. The van der Waals surface area contributed by atoms with Crippen LogP contribution in [0.5, 0.6) is 0 Å². The van der Waals surface area contributed by atoms with Crippen LogP contribution in [-0.2, 0) is 4.79 Å². The molecule has 4 rings (SSSR count). The molecule has 0 atom stereocenters. The van der Waals surface area contributed by atoms with Gasteiger partial charge in [0, 0.05) is 30.7 Å². The molecule has 1 aliphatic heterocycles. The predicted molar refractivity (Wildman–Crippen MR) is 121 cm³/mol. The lowest BCUT2D eigenvalue weighted by Gasteiger charge is -2.42. The van der Waals surface area contributed by atoms with Crippen molar-refractivity contribution in [1.82, 2.24) is 9.91 Å². The van der Waals surface area contributed by atoms with E-state index in [9.17, 15) is 4.79 Å². The Morgan fingerprint density at radius 2 is 1.28 bits per heavy atom. The molecule has 0 aliphatic carbocycles. The molecule has 0 radical (unpaired) electrons. The molecule has 1 saturated heterocycles. The van der Waals surface area contributed by atoms with Crippen LogP contribution in [0.25, 0.3) is 0 Å². The van der Waals surface area contributed by atoms with Crippen molar-refractivity contribution in [3.05, 3.63) is 101 Å². The fourth-order valence-corrected chi connectivity index (χ4v) is 4.22. The number of carbonyl (C=O) groups is 1. The molecule has 4 nitrogen and oxygen atoms in total. The summed E-state index contributed by atoms with van der Waals surface area (Å²) in [5, 5.41) is 3.85. The summed E-state index contributed by atoms with van der Waals surface area (Å²) >= 11 is 3.45. The SMILES string of the molecule is O=CN(c1ccc(Br)cc1)N1CCN(C(c2ccccc2)c2ccccc2)CC1. The summed E-state index contributed by atoms with van der Waals surface area (Å²) in [4.78, 5) is 14.3. The maximum absolute atomic E-state index is 11.8. The number of benzene rings is 3. The van der Waals surface area contributed by atoms with Crippen LogP contribution in [0, 0.1) is 0 Å². The first-order valence-electron chi connectivity index (χ1n) is 9.85. The third-order valence-electron chi connectivity index (χ3n) is 5.38. The molecule has 0 aromatic heterocycles. The molecule has 0 spiro atoms. The Morgan fingerprint density at radius 3 is 1.76 bits per heavy atom. The minimum Gasteiger partial charge on any atom is -0.290 e. The maximum atomic E-state index is 11.8. The Balaban J connectivity index is 1.52. The largest absolute Gasteiger partial charge is 0.290 e. The van der Waals surface area contributed by atoms with E-state index in [0.717, 1.165) is 42.7 Å². The van der Waals surface area contributed by atoms with Gasteiger partial charge in [-0.3, -0.25) is 9.69 Å². The zero-order valence-electron chi connectivity index (χ0n) is 16.2. The predicted octanol–water partition coefficient (Wildman–Crippen LogP) is 4.73. The quantitative estimate of drug-likeness (QED) is 0.508. The third-order valence-corrected chi connectivity index (χ3v) is 5.91. The number of carbonyl (C=O) groups excluding carboxylic acids is 1. The molecule has 0 bridgehead atoms. The zero-order chi connectivity index (χ0) is 20.1. The van der Waals surface area contributed by atoms with E-state index >= 15 is 0 Å². The lowest BCUT2D eigenvalue weighted by Crippen LogP contribution is -2.54. The number of halogens is 1. The van der Waals surface area contributed by atoms with E-state index in [1.54, 1.807) is 5.01 Å². The van der Waals surface area contributed by atoms with E-state index in [-0.39, 0.29) is 6.04 Å². The van der Waals surface area contributed by atoms with E-state index in [0.29, 0.717) is 0 Å². The van der Waals surface area contributed by atoms with Gasteiger partial charge < -0.3 is 0 Å². The van der Waals surface area contributed by atoms with Crippen molar-refractivity contribution in [2.24, 2.45) is 0 Å². The van der Waals surface area contributed by atoms with Gasteiger partial charge in [-0.05, 0) is 35.4 Å². The summed E-state index contributed by atoms with van der Waals surface area (Å²) in [7, 11) is 0. The summed E-state index contributed by atoms with van der Waals surface area (Å²) in [6.07, 6.45) is 0.908. The highest BCUT2D eigenvalue weighted by molar-refractivity contribution is 9.10. The van der Waals surface area contributed by atoms with Crippen molar-refractivity contribution in [3.8, 4) is 0 Å². The highest BCUT2D eigenvalue weighted by Gasteiger charge is 2.28. The first kappa shape index (κ1) is 19.8. The molecule has 1 heterocycles. The van der Waals surface area contributed by atoms with Gasteiger partial charge in [-0.1, -0.05) is 76.6 Å². The fraction of sp³-hybridized carbons (Fsp3) is 0.208. The molecule has 29 heavy (non-hydrogen) atoms. The van der Waals surface area contributed by atoms with Gasteiger partial charge in [-0.15, -0.1) is 0 Å². The number of nitrogens with zero attached hydrogens (tertiary/aromatic N) is 3. The van der Waals surface area contributed by atoms with E-state index in [2.05, 4.69) is 86.5 Å². The van der Waals surface area contributed by atoms with Crippen LogP contribution in [0.15, 0.2) is 89.4 Å². The van der Waals surface area contributed by atoms with E-state index in [1.807, 2.05) is 24.3 Å². The highest BCUT2D eigenvalue weighted by Crippen LogP contribution is 2.30. The van der Waals surface area contributed by atoms with Gasteiger partial charge in [0.25, 0.3) is 0 Å². The first-order valence-corrected chi connectivity index (χ1v) is 10.6. The van der Waals surface area contributed by atoms with Crippen LogP contribution in [0.4, 0.5) is 5.69 Å². The first-order chi connectivity index (χ1) is 14.3. The van der Waals surface area contributed by atoms with Crippen molar-refractivity contribution in [3.63, 3.8) is 0 Å². The highest BCUT2D eigenvalue weighted by atomic mass is 79.9. The normalized spacial score (nSPS) is 15.4. The second kappa shape index (κ2) is 9.35. The number of hydrazine groups is 1. The molecule has 0 unspecified atom stereocenters. The number of amides is 1. The molecule has 0 saturated carbocycles. The lowest BCUT2D eigenvalue weighted by atomic mass is 9.96. The van der Waals surface area contributed by atoms with Crippen LogP contribution in [0.2, 0.25) is 0 Å². The second-order valence-corrected chi connectivity index (χ2v) is 8.06. The molecular formula is C24H24BrN3O. The van der Waals surface area contributed by atoms with Gasteiger partial charge >= 0.3 is 0 Å². The average Bonchev–Trinajstić information content (AvgIpc) is 2.78. The zero-order valence-corrected chi connectivity index (χ0v) is 17.8. The topological polar surface area (TPSA) is 26.8 Å². The monoisotopic (exact) mass is 449 g/mol. The van der Waals surface area contributed by atoms with Gasteiger partial charge in [-0.25, -0.2) is 10.0 Å². The minimum atomic E-state index is 0.219. The smallest absolute Gasteiger partial charge is 0.228 e. The Morgan fingerprint density at radius 1 is 0.759 bits per heavy atom. The molecule has 1 fully saturated rings. The molecule has 3 aromatic rings. The van der Waals surface area contributed by atoms with Crippen LogP contribution >= 0.6 is 15.9 Å². The van der Waals surface area contributed by atoms with Gasteiger partial charge in [-0.2, -0.15) is 0 Å². The van der Waals surface area contributed by atoms with Gasteiger partial charge in [0.1, 0.15) is 0 Å². The standard InChI is InChI=1S/C24H24BrN3O/c25-22-11-13-23(14-12-22)28(19-29)27-17-15-26(16-18-27)24(20-7-3-1-4-8-20)21-9-5-2-6-10-21/h1-14,19,24H,15-18H2. The van der Waals surface area contributed by atoms with Crippen molar-refractivity contribution in [1.29, 1.82) is 0 Å². The number of piperazine rings is 1. The summed E-state index contributed by atoms with van der Waals surface area (Å²) in [5.74, 6) is 0. The molecule has 5 heteroatoms. The molecule has 1 amide bonds. The molecule has 3 aromatic carbocycles. The minimum absolute atomic E-state index is 0.219. The Hall–Kier alpha value is -2.47. The Kier molecular flexibility index (Phi) is 6.39. The molecule has 148 valence electrons. The van der Waals surface area contributed by atoms with Crippen LogP contribution < -0.4 is 5.01 Å². The van der Waals surface area contributed by atoms with Crippen LogP contribution in [0.1, 0.15) is 17.2 Å². The van der Waals surface area contributed by atoms with Gasteiger partial charge in [0.15, 0.2) is 0 Å². The Bertz CT molecular complexity index is 870. The van der Waals surface area contributed by atoms with Crippen molar-refractivity contribution < 1.29 is 4.79 Å². The molecule has 1 aliphatic rings. The van der Waals surface area contributed by atoms with E-state index in [1.165, 1.54) is 11.1 Å². The maximum Gasteiger partial charge on any atom is 0.228 e. The molecular weight excluding hydrogens is 426 g/mol. The summed E-state index contributed by atoms with van der Waals surface area (Å²) in [6.45, 7) is 3.36.